The fourth-order valence-corrected chi connectivity index (χ4v) is 1.63. The zero-order chi connectivity index (χ0) is 12.8. The normalized spacial score (nSPS) is 10.1. The molecular weight excluding hydrogens is 228 g/mol. The molecule has 0 aliphatic carbocycles. The van der Waals surface area contributed by atoms with Crippen molar-refractivity contribution in [1.29, 1.82) is 0 Å². The van der Waals surface area contributed by atoms with Crippen LogP contribution in [0.2, 0.25) is 0 Å². The number of hydrogen-bond acceptors (Lipinski definition) is 4. The van der Waals surface area contributed by atoms with Gasteiger partial charge in [0, 0.05) is 36.1 Å². The first kappa shape index (κ1) is 12.4. The molecule has 0 aliphatic rings. The molecule has 1 heterocycles. The number of aromatic nitrogens is 1. The highest BCUT2D eigenvalue weighted by Gasteiger charge is 2.03. The second-order valence-electron chi connectivity index (χ2n) is 3.83. The Kier molecular flexibility index (Phi) is 4.15. The van der Waals surface area contributed by atoms with Crippen molar-refractivity contribution in [2.24, 2.45) is 5.73 Å². The van der Waals surface area contributed by atoms with E-state index in [4.69, 9.17) is 15.2 Å². The molecule has 0 atom stereocenters. The van der Waals surface area contributed by atoms with Crippen LogP contribution >= 0.6 is 0 Å². The number of rotatable bonds is 5. The van der Waals surface area contributed by atoms with Gasteiger partial charge in [0.2, 0.25) is 0 Å². The van der Waals surface area contributed by atoms with Crippen molar-refractivity contribution < 1.29 is 9.47 Å². The van der Waals surface area contributed by atoms with Crippen molar-refractivity contribution in [2.75, 3.05) is 7.11 Å². The summed E-state index contributed by atoms with van der Waals surface area (Å²) in [6.45, 7) is 0.936. The zero-order valence-corrected chi connectivity index (χ0v) is 10.3. The molecule has 0 spiro atoms. The molecule has 1 aromatic heterocycles. The van der Waals surface area contributed by atoms with Gasteiger partial charge >= 0.3 is 0 Å². The third kappa shape index (κ3) is 2.99. The topological polar surface area (TPSA) is 57.4 Å². The van der Waals surface area contributed by atoms with E-state index >= 15 is 0 Å². The first-order valence-corrected chi connectivity index (χ1v) is 5.72. The van der Waals surface area contributed by atoms with E-state index < -0.39 is 0 Å². The van der Waals surface area contributed by atoms with Crippen molar-refractivity contribution in [3.05, 3.63) is 53.9 Å². The third-order valence-electron chi connectivity index (χ3n) is 2.61. The van der Waals surface area contributed by atoms with Crippen molar-refractivity contribution in [1.82, 2.24) is 4.98 Å². The van der Waals surface area contributed by atoms with Gasteiger partial charge < -0.3 is 15.2 Å². The van der Waals surface area contributed by atoms with Crippen LogP contribution in [-0.4, -0.2) is 12.1 Å². The molecule has 0 saturated heterocycles. The quantitative estimate of drug-likeness (QED) is 0.875. The predicted octanol–water partition coefficient (Wildman–Crippen LogP) is 2.13. The summed E-state index contributed by atoms with van der Waals surface area (Å²) in [7, 11) is 1.62. The minimum atomic E-state index is 0.450. The van der Waals surface area contributed by atoms with Crippen molar-refractivity contribution >= 4 is 0 Å². The molecule has 4 nitrogen and oxygen atoms in total. The third-order valence-corrected chi connectivity index (χ3v) is 2.61. The Hall–Kier alpha value is -2.07. The minimum Gasteiger partial charge on any atom is -0.496 e. The van der Waals surface area contributed by atoms with Gasteiger partial charge in [0.1, 0.15) is 18.1 Å². The molecule has 2 N–H and O–H groups in total. The smallest absolute Gasteiger partial charge is 0.127 e. The highest BCUT2D eigenvalue weighted by molar-refractivity contribution is 5.40. The highest BCUT2D eigenvalue weighted by atomic mass is 16.5. The van der Waals surface area contributed by atoms with Gasteiger partial charge in [0.15, 0.2) is 0 Å². The number of methoxy groups -OCH3 is 1. The lowest BCUT2D eigenvalue weighted by Crippen LogP contribution is -2.01. The first-order chi connectivity index (χ1) is 8.83. The standard InChI is InChI=1S/C14H16N2O2/c1-17-14-7-13(5-4-12(14)8-15)18-10-11-3-2-6-16-9-11/h2-7,9H,8,10,15H2,1H3. The van der Waals surface area contributed by atoms with Crippen molar-refractivity contribution in [3.8, 4) is 11.5 Å². The average molecular weight is 244 g/mol. The summed E-state index contributed by atoms with van der Waals surface area (Å²) < 4.78 is 10.9. The van der Waals surface area contributed by atoms with E-state index in [-0.39, 0.29) is 0 Å². The lowest BCUT2D eigenvalue weighted by Gasteiger charge is -2.10. The number of ether oxygens (including phenoxy) is 2. The maximum Gasteiger partial charge on any atom is 0.127 e. The molecule has 4 heteroatoms. The molecule has 0 radical (unpaired) electrons. The van der Waals surface area contributed by atoms with Gasteiger partial charge in [0.05, 0.1) is 7.11 Å². The Morgan fingerprint density at radius 3 is 2.83 bits per heavy atom. The van der Waals surface area contributed by atoms with Gasteiger partial charge in [-0.15, -0.1) is 0 Å². The first-order valence-electron chi connectivity index (χ1n) is 5.72. The molecule has 0 unspecified atom stereocenters. The minimum absolute atomic E-state index is 0.450. The maximum absolute atomic E-state index is 5.67. The Morgan fingerprint density at radius 2 is 2.17 bits per heavy atom. The Labute approximate surface area is 106 Å². The average Bonchev–Trinajstić information content (AvgIpc) is 2.45. The van der Waals surface area contributed by atoms with Crippen LogP contribution in [0.4, 0.5) is 0 Å². The maximum atomic E-state index is 5.67. The second-order valence-corrected chi connectivity index (χ2v) is 3.83. The summed E-state index contributed by atoms with van der Waals surface area (Å²) in [6, 6.07) is 9.51. The summed E-state index contributed by atoms with van der Waals surface area (Å²) in [5, 5.41) is 0. The number of nitrogens with two attached hydrogens (primary N) is 1. The van der Waals surface area contributed by atoms with Crippen molar-refractivity contribution in [3.63, 3.8) is 0 Å². The summed E-state index contributed by atoms with van der Waals surface area (Å²) in [4.78, 5) is 4.04. The molecule has 2 rings (SSSR count). The van der Waals surface area contributed by atoms with Gasteiger partial charge in [-0.2, -0.15) is 0 Å². The van der Waals surface area contributed by atoms with Gasteiger partial charge in [0.25, 0.3) is 0 Å². The summed E-state index contributed by atoms with van der Waals surface area (Å²) >= 11 is 0. The SMILES string of the molecule is COc1cc(OCc2cccnc2)ccc1CN. The number of benzene rings is 1. The second kappa shape index (κ2) is 6.02. The van der Waals surface area contributed by atoms with Gasteiger partial charge in [-0.25, -0.2) is 0 Å². The fourth-order valence-electron chi connectivity index (χ4n) is 1.63. The van der Waals surface area contributed by atoms with E-state index in [1.54, 1.807) is 19.5 Å². The van der Waals surface area contributed by atoms with Crippen LogP contribution in [0.3, 0.4) is 0 Å². The van der Waals surface area contributed by atoms with Crippen LogP contribution in [-0.2, 0) is 13.2 Å². The lowest BCUT2D eigenvalue weighted by atomic mass is 10.2. The van der Waals surface area contributed by atoms with E-state index in [0.29, 0.717) is 13.2 Å². The number of hydrogen-bond donors (Lipinski definition) is 1. The summed E-state index contributed by atoms with van der Waals surface area (Å²) in [5.41, 5.74) is 7.60. The molecule has 18 heavy (non-hydrogen) atoms. The Balaban J connectivity index is 2.06. The van der Waals surface area contributed by atoms with Crippen molar-refractivity contribution in [2.45, 2.75) is 13.2 Å². The lowest BCUT2D eigenvalue weighted by molar-refractivity contribution is 0.303. The van der Waals surface area contributed by atoms with Crippen LogP contribution in [0.1, 0.15) is 11.1 Å². The van der Waals surface area contributed by atoms with E-state index in [1.807, 2.05) is 30.3 Å². The van der Waals surface area contributed by atoms with Gasteiger partial charge in [-0.3, -0.25) is 4.98 Å². The number of nitrogens with zero attached hydrogens (tertiary/aromatic N) is 1. The van der Waals surface area contributed by atoms with Crippen LogP contribution < -0.4 is 15.2 Å². The molecule has 0 saturated carbocycles. The number of pyridine rings is 1. The molecule has 0 bridgehead atoms. The van der Waals surface area contributed by atoms with Gasteiger partial charge in [-0.05, 0) is 12.1 Å². The van der Waals surface area contributed by atoms with Gasteiger partial charge in [-0.1, -0.05) is 12.1 Å². The van der Waals surface area contributed by atoms with Crippen LogP contribution in [0.15, 0.2) is 42.7 Å². The summed E-state index contributed by atoms with van der Waals surface area (Å²) in [5.74, 6) is 1.51. The van der Waals surface area contributed by atoms with Crippen LogP contribution in [0, 0.1) is 0 Å². The van der Waals surface area contributed by atoms with E-state index in [2.05, 4.69) is 4.98 Å². The van der Waals surface area contributed by atoms with E-state index in [1.165, 1.54) is 0 Å². The predicted molar refractivity (Wildman–Crippen MR) is 69.5 cm³/mol. The molecule has 1 aromatic carbocycles. The van der Waals surface area contributed by atoms with E-state index in [0.717, 1.165) is 22.6 Å². The van der Waals surface area contributed by atoms with Crippen LogP contribution in [0.5, 0.6) is 11.5 Å². The van der Waals surface area contributed by atoms with Crippen LogP contribution in [0.25, 0.3) is 0 Å². The summed E-state index contributed by atoms with van der Waals surface area (Å²) in [6.07, 6.45) is 3.52. The van der Waals surface area contributed by atoms with E-state index in [9.17, 15) is 0 Å². The largest absolute Gasteiger partial charge is 0.496 e. The molecule has 2 aromatic rings. The molecule has 0 amide bonds. The molecule has 94 valence electrons. The monoisotopic (exact) mass is 244 g/mol. The molecule has 0 fully saturated rings. The Morgan fingerprint density at radius 1 is 1.28 bits per heavy atom. The zero-order valence-electron chi connectivity index (χ0n) is 10.3. The Bertz CT molecular complexity index is 500. The molecule has 0 aliphatic heterocycles. The highest BCUT2D eigenvalue weighted by Crippen LogP contribution is 2.24. The fraction of sp³-hybridized carbons (Fsp3) is 0.214. The molecular formula is C14H16N2O2.